The fraction of sp³-hybridized carbons (Fsp3) is 0.583. The molecule has 1 saturated heterocycles. The Morgan fingerprint density at radius 1 is 1.56 bits per heavy atom. The number of rotatable bonds is 2. The molecule has 2 N–H and O–H groups in total. The molecule has 1 fully saturated rings. The lowest BCUT2D eigenvalue weighted by Crippen LogP contribution is -2.49. The van der Waals surface area contributed by atoms with Crippen molar-refractivity contribution in [2.45, 2.75) is 38.3 Å². The first-order valence-corrected chi connectivity index (χ1v) is 6.62. The second-order valence-electron chi connectivity index (χ2n) is 4.42. The molecule has 88 valence electrons. The molecule has 2 atom stereocenters. The smallest absolute Gasteiger partial charge is 0.143 e. The zero-order valence-electron chi connectivity index (χ0n) is 9.56. The predicted molar refractivity (Wildman–Crippen MR) is 70.6 cm³/mol. The third-order valence-corrected chi connectivity index (χ3v) is 3.79. The van der Waals surface area contributed by atoms with E-state index in [4.69, 9.17) is 5.73 Å². The van der Waals surface area contributed by atoms with Crippen molar-refractivity contribution in [3.8, 4) is 0 Å². The van der Waals surface area contributed by atoms with E-state index in [2.05, 4.69) is 32.7 Å². The number of pyridine rings is 1. The van der Waals surface area contributed by atoms with Crippen molar-refractivity contribution in [1.29, 1.82) is 0 Å². The zero-order chi connectivity index (χ0) is 11.5. The molecule has 0 saturated carbocycles. The first-order chi connectivity index (χ1) is 7.70. The summed E-state index contributed by atoms with van der Waals surface area (Å²) >= 11 is 3.56. The van der Waals surface area contributed by atoms with Gasteiger partial charge in [0.05, 0.1) is 4.47 Å². The van der Waals surface area contributed by atoms with Crippen LogP contribution >= 0.6 is 15.9 Å². The van der Waals surface area contributed by atoms with E-state index in [1.165, 1.54) is 19.3 Å². The van der Waals surface area contributed by atoms with Gasteiger partial charge in [0.25, 0.3) is 0 Å². The van der Waals surface area contributed by atoms with Gasteiger partial charge in [0, 0.05) is 24.8 Å². The Labute approximate surface area is 105 Å². The highest BCUT2D eigenvalue weighted by Crippen LogP contribution is 2.29. The summed E-state index contributed by atoms with van der Waals surface area (Å²) in [7, 11) is 0. The lowest BCUT2D eigenvalue weighted by atomic mass is 9.97. The van der Waals surface area contributed by atoms with Crippen LogP contribution in [0.4, 0.5) is 5.82 Å². The summed E-state index contributed by atoms with van der Waals surface area (Å²) in [6, 6.07) is 4.59. The molecule has 0 radical (unpaired) electrons. The van der Waals surface area contributed by atoms with Gasteiger partial charge in [-0.3, -0.25) is 0 Å². The lowest BCUT2D eigenvalue weighted by Gasteiger charge is -2.39. The van der Waals surface area contributed by atoms with Gasteiger partial charge >= 0.3 is 0 Å². The second kappa shape index (κ2) is 5.15. The van der Waals surface area contributed by atoms with Crippen LogP contribution in [0, 0.1) is 0 Å². The summed E-state index contributed by atoms with van der Waals surface area (Å²) in [6.45, 7) is 3.14. The fourth-order valence-corrected chi connectivity index (χ4v) is 2.84. The number of nitrogens with zero attached hydrogens (tertiary/aromatic N) is 2. The van der Waals surface area contributed by atoms with Crippen molar-refractivity contribution < 1.29 is 0 Å². The number of piperidine rings is 1. The van der Waals surface area contributed by atoms with Crippen LogP contribution in [-0.2, 0) is 0 Å². The van der Waals surface area contributed by atoms with E-state index in [-0.39, 0.29) is 6.04 Å². The van der Waals surface area contributed by atoms with E-state index < -0.39 is 0 Å². The highest BCUT2D eigenvalue weighted by Gasteiger charge is 2.27. The topological polar surface area (TPSA) is 42.1 Å². The number of hydrogen-bond donors (Lipinski definition) is 1. The maximum Gasteiger partial charge on any atom is 0.143 e. The molecule has 0 spiro atoms. The minimum Gasteiger partial charge on any atom is -0.351 e. The Bertz CT molecular complexity index is 354. The van der Waals surface area contributed by atoms with Crippen LogP contribution < -0.4 is 10.6 Å². The van der Waals surface area contributed by atoms with Crippen molar-refractivity contribution >= 4 is 21.7 Å². The minimum absolute atomic E-state index is 0.189. The summed E-state index contributed by atoms with van der Waals surface area (Å²) in [4.78, 5) is 6.80. The van der Waals surface area contributed by atoms with Crippen LogP contribution in [0.2, 0.25) is 0 Å². The number of hydrogen-bond acceptors (Lipinski definition) is 3. The monoisotopic (exact) mass is 283 g/mol. The third-order valence-electron chi connectivity index (χ3n) is 3.17. The van der Waals surface area contributed by atoms with Gasteiger partial charge in [-0.25, -0.2) is 4.98 Å². The molecule has 4 heteroatoms. The predicted octanol–water partition coefficient (Wildman–Crippen LogP) is 2.55. The molecule has 0 aliphatic carbocycles. The van der Waals surface area contributed by atoms with Crippen LogP contribution in [0.25, 0.3) is 0 Å². The quantitative estimate of drug-likeness (QED) is 0.907. The number of nitrogens with two attached hydrogens (primary N) is 1. The molecule has 1 aliphatic rings. The summed E-state index contributed by atoms with van der Waals surface area (Å²) in [5.41, 5.74) is 6.06. The maximum atomic E-state index is 6.06. The van der Waals surface area contributed by atoms with Gasteiger partial charge < -0.3 is 10.6 Å². The molecular formula is C12H18BrN3. The fourth-order valence-electron chi connectivity index (χ4n) is 2.36. The first-order valence-electron chi connectivity index (χ1n) is 5.83. The normalized spacial score (nSPS) is 23.2. The van der Waals surface area contributed by atoms with Crippen LogP contribution in [0.5, 0.6) is 0 Å². The standard InChI is InChI=1S/C12H18BrN3/c1-9(14)11-6-2-3-8-16(11)12-10(13)5-4-7-15-12/h4-5,7,9,11H,2-3,6,8,14H2,1H3. The minimum atomic E-state index is 0.189. The molecule has 0 amide bonds. The van der Waals surface area contributed by atoms with E-state index in [9.17, 15) is 0 Å². The molecule has 1 aromatic heterocycles. The van der Waals surface area contributed by atoms with Crippen molar-refractivity contribution in [3.63, 3.8) is 0 Å². The molecule has 2 rings (SSSR count). The van der Waals surface area contributed by atoms with E-state index in [0.29, 0.717) is 6.04 Å². The lowest BCUT2D eigenvalue weighted by molar-refractivity contribution is 0.410. The van der Waals surface area contributed by atoms with E-state index in [0.717, 1.165) is 16.8 Å². The molecule has 2 unspecified atom stereocenters. The van der Waals surface area contributed by atoms with Crippen molar-refractivity contribution in [3.05, 3.63) is 22.8 Å². The van der Waals surface area contributed by atoms with Gasteiger partial charge in [0.1, 0.15) is 5.82 Å². The number of aromatic nitrogens is 1. The first kappa shape index (κ1) is 11.9. The summed E-state index contributed by atoms with van der Waals surface area (Å²) < 4.78 is 1.06. The van der Waals surface area contributed by atoms with E-state index in [1.807, 2.05) is 18.3 Å². The summed E-state index contributed by atoms with van der Waals surface area (Å²) in [6.07, 6.45) is 5.51. The molecule has 0 bridgehead atoms. The van der Waals surface area contributed by atoms with Crippen molar-refractivity contribution in [2.75, 3.05) is 11.4 Å². The Morgan fingerprint density at radius 3 is 3.06 bits per heavy atom. The summed E-state index contributed by atoms with van der Waals surface area (Å²) in [5.74, 6) is 1.03. The molecular weight excluding hydrogens is 266 g/mol. The van der Waals surface area contributed by atoms with Gasteiger partial charge in [0.2, 0.25) is 0 Å². The molecule has 1 aromatic rings. The van der Waals surface area contributed by atoms with Gasteiger partial charge in [-0.1, -0.05) is 0 Å². The Kier molecular flexibility index (Phi) is 3.82. The Morgan fingerprint density at radius 2 is 2.38 bits per heavy atom. The van der Waals surface area contributed by atoms with Crippen molar-refractivity contribution in [1.82, 2.24) is 4.98 Å². The molecule has 2 heterocycles. The van der Waals surface area contributed by atoms with Crippen LogP contribution in [0.15, 0.2) is 22.8 Å². The SMILES string of the molecule is CC(N)C1CCCCN1c1ncccc1Br. The van der Waals surface area contributed by atoms with Gasteiger partial charge in [-0.05, 0) is 54.2 Å². The maximum absolute atomic E-state index is 6.06. The molecule has 16 heavy (non-hydrogen) atoms. The summed E-state index contributed by atoms with van der Waals surface area (Å²) in [5, 5.41) is 0. The van der Waals surface area contributed by atoms with Crippen LogP contribution in [-0.4, -0.2) is 23.6 Å². The van der Waals surface area contributed by atoms with Gasteiger partial charge in [-0.15, -0.1) is 0 Å². The molecule has 1 aliphatic heterocycles. The third kappa shape index (κ3) is 2.38. The molecule has 0 aromatic carbocycles. The average molecular weight is 284 g/mol. The van der Waals surface area contributed by atoms with Crippen LogP contribution in [0.1, 0.15) is 26.2 Å². The Balaban J connectivity index is 2.27. The average Bonchev–Trinajstić information content (AvgIpc) is 2.29. The van der Waals surface area contributed by atoms with E-state index in [1.54, 1.807) is 0 Å². The second-order valence-corrected chi connectivity index (χ2v) is 5.28. The van der Waals surface area contributed by atoms with E-state index >= 15 is 0 Å². The highest BCUT2D eigenvalue weighted by atomic mass is 79.9. The van der Waals surface area contributed by atoms with Gasteiger partial charge in [0.15, 0.2) is 0 Å². The number of halogens is 1. The zero-order valence-corrected chi connectivity index (χ0v) is 11.2. The van der Waals surface area contributed by atoms with Crippen LogP contribution in [0.3, 0.4) is 0 Å². The van der Waals surface area contributed by atoms with Gasteiger partial charge in [-0.2, -0.15) is 0 Å². The highest BCUT2D eigenvalue weighted by molar-refractivity contribution is 9.10. The number of anilines is 1. The molecule has 3 nitrogen and oxygen atoms in total. The van der Waals surface area contributed by atoms with Crippen molar-refractivity contribution in [2.24, 2.45) is 5.73 Å². The Hall–Kier alpha value is -0.610. The largest absolute Gasteiger partial charge is 0.351 e.